The van der Waals surface area contributed by atoms with Crippen LogP contribution in [0.2, 0.25) is 0 Å². The first-order valence-electron chi connectivity index (χ1n) is 5.94. The van der Waals surface area contributed by atoms with Gasteiger partial charge in [-0.3, -0.25) is 4.98 Å². The van der Waals surface area contributed by atoms with Gasteiger partial charge < -0.3 is 5.11 Å². The lowest BCUT2D eigenvalue weighted by molar-refractivity contribution is 0.162. The molecular formula is C14H17NOS. The Balaban J connectivity index is 1.69. The molecule has 0 bridgehead atoms. The number of pyridine rings is 1. The number of thiophene rings is 1. The Morgan fingerprint density at radius 2 is 2.06 bits per heavy atom. The molecule has 90 valence electrons. The topological polar surface area (TPSA) is 33.1 Å². The molecule has 0 aliphatic rings. The second kappa shape index (κ2) is 6.52. The third-order valence-electron chi connectivity index (χ3n) is 2.76. The highest BCUT2D eigenvalue weighted by atomic mass is 32.1. The minimum atomic E-state index is -0.239. The molecule has 2 nitrogen and oxygen atoms in total. The van der Waals surface area contributed by atoms with Gasteiger partial charge in [0.1, 0.15) is 0 Å². The number of aliphatic hydroxyl groups is 1. The maximum Gasteiger partial charge on any atom is 0.0580 e. The molecule has 0 aliphatic heterocycles. The molecule has 1 unspecified atom stereocenters. The summed E-state index contributed by atoms with van der Waals surface area (Å²) < 4.78 is 0. The van der Waals surface area contributed by atoms with E-state index in [1.54, 1.807) is 23.7 Å². The Morgan fingerprint density at radius 1 is 1.24 bits per heavy atom. The van der Waals surface area contributed by atoms with E-state index in [0.29, 0.717) is 0 Å². The van der Waals surface area contributed by atoms with Gasteiger partial charge in [0.15, 0.2) is 0 Å². The van der Waals surface area contributed by atoms with Crippen molar-refractivity contribution < 1.29 is 5.11 Å². The summed E-state index contributed by atoms with van der Waals surface area (Å²) in [6, 6.07) is 8.15. The number of aryl methyl sites for hydroxylation is 1. The van der Waals surface area contributed by atoms with Crippen LogP contribution in [0.5, 0.6) is 0 Å². The molecule has 2 rings (SSSR count). The highest BCUT2D eigenvalue weighted by molar-refractivity contribution is 7.09. The van der Waals surface area contributed by atoms with Crippen molar-refractivity contribution >= 4 is 11.3 Å². The highest BCUT2D eigenvalue weighted by Crippen LogP contribution is 2.14. The quantitative estimate of drug-likeness (QED) is 0.851. The Bertz CT molecular complexity index is 413. The van der Waals surface area contributed by atoms with Crippen LogP contribution in [0.4, 0.5) is 0 Å². The summed E-state index contributed by atoms with van der Waals surface area (Å²) >= 11 is 1.79. The van der Waals surface area contributed by atoms with Gasteiger partial charge in [-0.25, -0.2) is 0 Å². The van der Waals surface area contributed by atoms with Crippen LogP contribution in [0.25, 0.3) is 0 Å². The third kappa shape index (κ3) is 4.29. The lowest BCUT2D eigenvalue weighted by Crippen LogP contribution is -2.10. The monoisotopic (exact) mass is 247 g/mol. The fourth-order valence-corrected chi connectivity index (χ4v) is 2.61. The molecule has 2 aromatic rings. The molecule has 1 N–H and O–H groups in total. The largest absolute Gasteiger partial charge is 0.393 e. The number of nitrogens with zero attached hydrogens (tertiary/aromatic N) is 1. The average molecular weight is 247 g/mol. The van der Waals surface area contributed by atoms with Crippen LogP contribution in [0, 0.1) is 0 Å². The molecule has 2 heterocycles. The molecule has 3 heteroatoms. The Morgan fingerprint density at radius 3 is 2.76 bits per heavy atom. The molecule has 0 saturated carbocycles. The summed E-state index contributed by atoms with van der Waals surface area (Å²) in [5.41, 5.74) is 1.16. The van der Waals surface area contributed by atoms with Gasteiger partial charge in [0, 0.05) is 17.3 Å². The summed E-state index contributed by atoms with van der Waals surface area (Å²) in [5, 5.41) is 12.0. The first-order valence-corrected chi connectivity index (χ1v) is 6.82. The number of hydrogen-bond donors (Lipinski definition) is 1. The van der Waals surface area contributed by atoms with Gasteiger partial charge in [-0.05, 0) is 54.8 Å². The maximum atomic E-state index is 9.91. The van der Waals surface area contributed by atoms with Crippen molar-refractivity contribution in [2.75, 3.05) is 0 Å². The minimum absolute atomic E-state index is 0.239. The second-order valence-corrected chi connectivity index (χ2v) is 5.22. The van der Waals surface area contributed by atoms with Crippen molar-refractivity contribution in [3.63, 3.8) is 0 Å². The predicted molar refractivity (Wildman–Crippen MR) is 71.2 cm³/mol. The molecular weight excluding hydrogens is 230 g/mol. The van der Waals surface area contributed by atoms with Crippen LogP contribution < -0.4 is 0 Å². The fraction of sp³-hybridized carbons (Fsp3) is 0.357. The standard InChI is InChI=1S/C14H17NOS/c16-13(11-12-6-8-15-9-7-12)3-1-4-14-5-2-10-17-14/h2,5-10,13,16H,1,3-4,11H2. The maximum absolute atomic E-state index is 9.91. The normalized spacial score (nSPS) is 12.5. The van der Waals surface area contributed by atoms with Gasteiger partial charge in [0.25, 0.3) is 0 Å². The van der Waals surface area contributed by atoms with Gasteiger partial charge in [0.2, 0.25) is 0 Å². The Labute approximate surface area is 106 Å². The SMILES string of the molecule is OC(CCCc1cccs1)Cc1ccncc1. The predicted octanol–water partition coefficient (Wildman–Crippen LogP) is 3.07. The summed E-state index contributed by atoms with van der Waals surface area (Å²) in [6.07, 6.45) is 7.02. The van der Waals surface area contributed by atoms with E-state index in [0.717, 1.165) is 31.2 Å². The van der Waals surface area contributed by atoms with Gasteiger partial charge in [-0.15, -0.1) is 11.3 Å². The number of aliphatic hydroxyl groups excluding tert-OH is 1. The molecule has 0 aromatic carbocycles. The second-order valence-electron chi connectivity index (χ2n) is 4.19. The molecule has 0 aliphatic carbocycles. The van der Waals surface area contributed by atoms with E-state index >= 15 is 0 Å². The van der Waals surface area contributed by atoms with E-state index in [-0.39, 0.29) is 6.10 Å². The molecule has 1 atom stereocenters. The zero-order chi connectivity index (χ0) is 11.9. The Kier molecular flexibility index (Phi) is 4.71. The van der Waals surface area contributed by atoms with Crippen molar-refractivity contribution in [2.45, 2.75) is 31.8 Å². The van der Waals surface area contributed by atoms with Crippen LogP contribution in [0.1, 0.15) is 23.3 Å². The highest BCUT2D eigenvalue weighted by Gasteiger charge is 2.05. The summed E-state index contributed by atoms with van der Waals surface area (Å²) in [6.45, 7) is 0. The molecule has 17 heavy (non-hydrogen) atoms. The fourth-order valence-electron chi connectivity index (χ4n) is 1.86. The van der Waals surface area contributed by atoms with Crippen LogP contribution in [0.3, 0.4) is 0 Å². The van der Waals surface area contributed by atoms with E-state index in [1.165, 1.54) is 4.88 Å². The van der Waals surface area contributed by atoms with Gasteiger partial charge in [-0.2, -0.15) is 0 Å². The van der Waals surface area contributed by atoms with E-state index in [1.807, 2.05) is 12.1 Å². The van der Waals surface area contributed by atoms with Crippen molar-refractivity contribution in [3.05, 3.63) is 52.5 Å². The van der Waals surface area contributed by atoms with Crippen molar-refractivity contribution in [2.24, 2.45) is 0 Å². The van der Waals surface area contributed by atoms with Crippen LogP contribution in [0.15, 0.2) is 42.0 Å². The number of rotatable bonds is 6. The molecule has 0 saturated heterocycles. The van der Waals surface area contributed by atoms with E-state index in [4.69, 9.17) is 0 Å². The van der Waals surface area contributed by atoms with E-state index in [2.05, 4.69) is 22.5 Å². The van der Waals surface area contributed by atoms with Crippen molar-refractivity contribution in [1.82, 2.24) is 4.98 Å². The summed E-state index contributed by atoms with van der Waals surface area (Å²) in [4.78, 5) is 5.37. The van der Waals surface area contributed by atoms with Crippen LogP contribution in [-0.4, -0.2) is 16.2 Å². The van der Waals surface area contributed by atoms with Crippen LogP contribution >= 0.6 is 11.3 Å². The molecule has 0 fully saturated rings. The van der Waals surface area contributed by atoms with Crippen LogP contribution in [-0.2, 0) is 12.8 Å². The third-order valence-corrected chi connectivity index (χ3v) is 3.70. The van der Waals surface area contributed by atoms with Crippen molar-refractivity contribution in [1.29, 1.82) is 0 Å². The van der Waals surface area contributed by atoms with Gasteiger partial charge in [0.05, 0.1) is 6.10 Å². The van der Waals surface area contributed by atoms with Crippen molar-refractivity contribution in [3.8, 4) is 0 Å². The first-order chi connectivity index (χ1) is 8.34. The summed E-state index contributed by atoms with van der Waals surface area (Å²) in [7, 11) is 0. The lowest BCUT2D eigenvalue weighted by atomic mass is 10.0. The Hall–Kier alpha value is -1.19. The van der Waals surface area contributed by atoms with E-state index < -0.39 is 0 Å². The minimum Gasteiger partial charge on any atom is -0.393 e. The number of aromatic nitrogens is 1. The van der Waals surface area contributed by atoms with Gasteiger partial charge >= 0.3 is 0 Å². The summed E-state index contributed by atoms with van der Waals surface area (Å²) in [5.74, 6) is 0. The zero-order valence-corrected chi connectivity index (χ0v) is 10.6. The lowest BCUT2D eigenvalue weighted by Gasteiger charge is -2.09. The molecule has 0 amide bonds. The molecule has 0 radical (unpaired) electrons. The average Bonchev–Trinajstić information content (AvgIpc) is 2.83. The first kappa shape index (κ1) is 12.3. The number of hydrogen-bond acceptors (Lipinski definition) is 3. The smallest absolute Gasteiger partial charge is 0.0580 e. The van der Waals surface area contributed by atoms with E-state index in [9.17, 15) is 5.11 Å². The van der Waals surface area contributed by atoms with Gasteiger partial charge in [-0.1, -0.05) is 6.07 Å². The molecule has 0 spiro atoms. The zero-order valence-electron chi connectivity index (χ0n) is 9.75. The molecule has 2 aromatic heterocycles.